The third-order valence-electron chi connectivity index (χ3n) is 4.70. The molecule has 0 aromatic heterocycles. The zero-order valence-corrected chi connectivity index (χ0v) is 13.3. The van der Waals surface area contributed by atoms with Gasteiger partial charge in [0.05, 0.1) is 11.8 Å². The SMILES string of the molecule is CC(C)(C(=O)O)[C@H]1CCCN(C(=O)Cc2cc(F)ccc2F)C1. The van der Waals surface area contributed by atoms with E-state index in [4.69, 9.17) is 0 Å². The predicted molar refractivity (Wildman–Crippen MR) is 80.8 cm³/mol. The van der Waals surface area contributed by atoms with Gasteiger partial charge in [-0.05, 0) is 50.8 Å². The highest BCUT2D eigenvalue weighted by atomic mass is 19.1. The Bertz CT molecular complexity index is 616. The van der Waals surface area contributed by atoms with Gasteiger partial charge in [-0.15, -0.1) is 0 Å². The molecule has 23 heavy (non-hydrogen) atoms. The summed E-state index contributed by atoms with van der Waals surface area (Å²) < 4.78 is 26.8. The van der Waals surface area contributed by atoms with Crippen molar-refractivity contribution in [3.8, 4) is 0 Å². The molecule has 1 fully saturated rings. The van der Waals surface area contributed by atoms with Crippen molar-refractivity contribution in [1.29, 1.82) is 0 Å². The number of hydrogen-bond donors (Lipinski definition) is 1. The maximum absolute atomic E-state index is 13.7. The van der Waals surface area contributed by atoms with E-state index in [1.807, 2.05) is 0 Å². The Balaban J connectivity index is 2.08. The molecular formula is C17H21F2NO3. The van der Waals surface area contributed by atoms with E-state index in [9.17, 15) is 23.5 Å². The van der Waals surface area contributed by atoms with Crippen molar-refractivity contribution in [2.75, 3.05) is 13.1 Å². The zero-order chi connectivity index (χ0) is 17.2. The van der Waals surface area contributed by atoms with Crippen LogP contribution in [-0.2, 0) is 16.0 Å². The zero-order valence-electron chi connectivity index (χ0n) is 13.3. The molecule has 1 aromatic carbocycles. The Morgan fingerprint density at radius 2 is 2.04 bits per heavy atom. The lowest BCUT2D eigenvalue weighted by Gasteiger charge is -2.39. The summed E-state index contributed by atoms with van der Waals surface area (Å²) in [4.78, 5) is 25.3. The summed E-state index contributed by atoms with van der Waals surface area (Å²) in [5.41, 5.74) is -0.905. The van der Waals surface area contributed by atoms with Gasteiger partial charge in [0.25, 0.3) is 0 Å². The number of carboxylic acids is 1. The highest BCUT2D eigenvalue weighted by Gasteiger charge is 2.39. The topological polar surface area (TPSA) is 57.6 Å². The molecule has 0 saturated carbocycles. The minimum absolute atomic E-state index is 0.0228. The Labute approximate surface area is 134 Å². The molecule has 0 bridgehead atoms. The fourth-order valence-electron chi connectivity index (χ4n) is 2.92. The van der Waals surface area contributed by atoms with Gasteiger partial charge in [-0.1, -0.05) is 0 Å². The second-order valence-corrected chi connectivity index (χ2v) is 6.62. The van der Waals surface area contributed by atoms with Gasteiger partial charge in [-0.25, -0.2) is 8.78 Å². The van der Waals surface area contributed by atoms with E-state index < -0.39 is 23.0 Å². The van der Waals surface area contributed by atoms with Crippen LogP contribution in [-0.4, -0.2) is 35.0 Å². The number of aliphatic carboxylic acids is 1. The Hall–Kier alpha value is -1.98. The van der Waals surface area contributed by atoms with Gasteiger partial charge in [-0.2, -0.15) is 0 Å². The van der Waals surface area contributed by atoms with Crippen LogP contribution in [0.1, 0.15) is 32.3 Å². The number of carbonyl (C=O) groups excluding carboxylic acids is 1. The van der Waals surface area contributed by atoms with Gasteiger partial charge in [0, 0.05) is 18.7 Å². The summed E-state index contributed by atoms with van der Waals surface area (Å²) in [7, 11) is 0. The number of hydrogen-bond acceptors (Lipinski definition) is 2. The molecule has 1 saturated heterocycles. The van der Waals surface area contributed by atoms with Crippen LogP contribution < -0.4 is 0 Å². The predicted octanol–water partition coefficient (Wildman–Crippen LogP) is 2.86. The Morgan fingerprint density at radius 1 is 1.35 bits per heavy atom. The molecule has 0 aliphatic carbocycles. The maximum Gasteiger partial charge on any atom is 0.309 e. The largest absolute Gasteiger partial charge is 0.481 e. The quantitative estimate of drug-likeness (QED) is 0.926. The third kappa shape index (κ3) is 3.86. The molecule has 1 amide bonds. The molecule has 6 heteroatoms. The number of carbonyl (C=O) groups is 2. The van der Waals surface area contributed by atoms with E-state index >= 15 is 0 Å². The summed E-state index contributed by atoms with van der Waals surface area (Å²) in [6.45, 7) is 4.15. The van der Waals surface area contributed by atoms with E-state index in [2.05, 4.69) is 0 Å². The highest BCUT2D eigenvalue weighted by molar-refractivity contribution is 5.79. The molecule has 1 aliphatic rings. The van der Waals surface area contributed by atoms with E-state index in [-0.39, 0.29) is 23.8 Å². The summed E-state index contributed by atoms with van der Waals surface area (Å²) in [5.74, 6) is -2.56. The van der Waals surface area contributed by atoms with Crippen LogP contribution in [0.25, 0.3) is 0 Å². The van der Waals surface area contributed by atoms with Crippen LogP contribution in [0.4, 0.5) is 8.78 Å². The second kappa shape index (κ2) is 6.64. The van der Waals surface area contributed by atoms with Crippen LogP contribution in [0.15, 0.2) is 18.2 Å². The van der Waals surface area contributed by atoms with Crippen molar-refractivity contribution in [2.24, 2.45) is 11.3 Å². The van der Waals surface area contributed by atoms with Crippen LogP contribution in [0.3, 0.4) is 0 Å². The number of piperidine rings is 1. The summed E-state index contributed by atoms with van der Waals surface area (Å²) in [6.07, 6.45) is 1.22. The van der Waals surface area contributed by atoms with Crippen LogP contribution in [0, 0.1) is 23.0 Å². The van der Waals surface area contributed by atoms with Gasteiger partial charge in [0.1, 0.15) is 11.6 Å². The van der Waals surface area contributed by atoms with Crippen molar-refractivity contribution in [3.63, 3.8) is 0 Å². The Morgan fingerprint density at radius 3 is 2.70 bits per heavy atom. The highest BCUT2D eigenvalue weighted by Crippen LogP contribution is 2.34. The van der Waals surface area contributed by atoms with Crippen LogP contribution in [0.5, 0.6) is 0 Å². The van der Waals surface area contributed by atoms with Gasteiger partial charge < -0.3 is 10.0 Å². The number of amides is 1. The standard InChI is InChI=1S/C17H21F2NO3/c1-17(2,16(22)23)12-4-3-7-20(10-12)15(21)9-11-8-13(18)5-6-14(11)19/h5-6,8,12H,3-4,7,9-10H2,1-2H3,(H,22,23)/t12-/m0/s1. The fraction of sp³-hybridized carbons (Fsp3) is 0.529. The number of benzene rings is 1. The van der Waals surface area contributed by atoms with Crippen molar-refractivity contribution in [1.82, 2.24) is 4.90 Å². The molecule has 4 nitrogen and oxygen atoms in total. The minimum Gasteiger partial charge on any atom is -0.481 e. The number of halogens is 2. The van der Waals surface area contributed by atoms with Gasteiger partial charge in [-0.3, -0.25) is 9.59 Å². The maximum atomic E-state index is 13.7. The van der Waals surface area contributed by atoms with Gasteiger partial charge in [0.15, 0.2) is 0 Å². The average molecular weight is 325 g/mol. The lowest BCUT2D eigenvalue weighted by atomic mass is 9.74. The van der Waals surface area contributed by atoms with E-state index in [0.29, 0.717) is 19.5 Å². The number of carboxylic acid groups (broad SMARTS) is 1. The van der Waals surface area contributed by atoms with Crippen molar-refractivity contribution >= 4 is 11.9 Å². The fourth-order valence-corrected chi connectivity index (χ4v) is 2.92. The molecule has 0 spiro atoms. The first-order chi connectivity index (χ1) is 10.7. The molecule has 126 valence electrons. The third-order valence-corrected chi connectivity index (χ3v) is 4.70. The smallest absolute Gasteiger partial charge is 0.309 e. The minimum atomic E-state index is -0.928. The summed E-state index contributed by atoms with van der Waals surface area (Å²) in [6, 6.07) is 3.04. The Kier molecular flexibility index (Phi) is 5.02. The monoisotopic (exact) mass is 325 g/mol. The van der Waals surface area contributed by atoms with Crippen LogP contribution in [0.2, 0.25) is 0 Å². The van der Waals surface area contributed by atoms with Crippen molar-refractivity contribution < 1.29 is 23.5 Å². The molecule has 1 aliphatic heterocycles. The van der Waals surface area contributed by atoms with E-state index in [0.717, 1.165) is 24.6 Å². The number of rotatable bonds is 4. The molecule has 0 radical (unpaired) electrons. The first kappa shape index (κ1) is 17.4. The molecule has 0 unspecified atom stereocenters. The lowest BCUT2D eigenvalue weighted by Crippen LogP contribution is -2.47. The molecule has 1 N–H and O–H groups in total. The molecule has 1 atom stereocenters. The summed E-state index contributed by atoms with van der Waals surface area (Å²) >= 11 is 0. The summed E-state index contributed by atoms with van der Waals surface area (Å²) in [5, 5.41) is 9.33. The second-order valence-electron chi connectivity index (χ2n) is 6.62. The molecule has 2 rings (SSSR count). The molecule has 1 aromatic rings. The lowest BCUT2D eigenvalue weighted by molar-refractivity contribution is -0.153. The van der Waals surface area contributed by atoms with Crippen LogP contribution >= 0.6 is 0 Å². The normalized spacial score (nSPS) is 18.8. The van der Waals surface area contributed by atoms with Crippen molar-refractivity contribution in [2.45, 2.75) is 33.1 Å². The molecular weight excluding hydrogens is 304 g/mol. The van der Waals surface area contributed by atoms with E-state index in [1.54, 1.807) is 18.7 Å². The molecule has 1 heterocycles. The van der Waals surface area contributed by atoms with Gasteiger partial charge in [0.2, 0.25) is 5.91 Å². The van der Waals surface area contributed by atoms with E-state index in [1.165, 1.54) is 0 Å². The first-order valence-corrected chi connectivity index (χ1v) is 7.67. The number of nitrogens with zero attached hydrogens (tertiary/aromatic N) is 1. The average Bonchev–Trinajstić information content (AvgIpc) is 2.50. The van der Waals surface area contributed by atoms with Crippen molar-refractivity contribution in [3.05, 3.63) is 35.4 Å². The first-order valence-electron chi connectivity index (χ1n) is 7.67. The number of likely N-dealkylation sites (tertiary alicyclic amines) is 1. The van der Waals surface area contributed by atoms with Gasteiger partial charge >= 0.3 is 5.97 Å².